The molecule has 0 unspecified atom stereocenters. The Hall–Kier alpha value is -2.39. The van der Waals surface area contributed by atoms with Crippen LogP contribution in [-0.2, 0) is 12.4 Å². The van der Waals surface area contributed by atoms with Gasteiger partial charge in [0.1, 0.15) is 0 Å². The van der Waals surface area contributed by atoms with Gasteiger partial charge >= 0.3 is 12.4 Å². The van der Waals surface area contributed by atoms with E-state index in [1.807, 2.05) is 0 Å². The smallest absolute Gasteiger partial charge is 0.296 e. The fraction of sp³-hybridized carbons (Fsp3) is 0.182. The average molecular weight is 309 g/mol. The normalized spacial score (nSPS) is 12.5. The predicted octanol–water partition coefficient (Wildman–Crippen LogP) is 3.12. The molecule has 0 saturated carbocycles. The van der Waals surface area contributed by atoms with E-state index in [1.54, 1.807) is 0 Å². The lowest BCUT2D eigenvalue weighted by molar-refractivity contribution is -0.143. The second kappa shape index (κ2) is 4.86. The summed E-state index contributed by atoms with van der Waals surface area (Å²) in [4.78, 5) is 10.5. The van der Waals surface area contributed by atoms with Crippen LogP contribution in [0.1, 0.15) is 21.7 Å². The van der Waals surface area contributed by atoms with Crippen LogP contribution in [0.25, 0.3) is 5.69 Å². The van der Waals surface area contributed by atoms with E-state index < -0.39 is 35.0 Å². The number of nitrogens with zero attached hydrogens (tertiary/aromatic N) is 3. The van der Waals surface area contributed by atoms with E-state index in [9.17, 15) is 31.1 Å². The van der Waals surface area contributed by atoms with Gasteiger partial charge in [0.25, 0.3) is 0 Å². The van der Waals surface area contributed by atoms with Gasteiger partial charge in [-0.3, -0.25) is 4.79 Å². The highest BCUT2D eigenvalue weighted by Crippen LogP contribution is 2.34. The molecule has 1 aromatic heterocycles. The van der Waals surface area contributed by atoms with Gasteiger partial charge in [0.2, 0.25) is 0 Å². The number of benzene rings is 1. The molecule has 0 N–H and O–H groups in total. The predicted molar refractivity (Wildman–Crippen MR) is 56.8 cm³/mol. The van der Waals surface area contributed by atoms with Gasteiger partial charge in [-0.25, -0.2) is 4.68 Å². The van der Waals surface area contributed by atoms with Crippen molar-refractivity contribution in [3.8, 4) is 5.69 Å². The van der Waals surface area contributed by atoms with Crippen LogP contribution in [0.15, 0.2) is 24.3 Å². The van der Waals surface area contributed by atoms with E-state index in [1.165, 1.54) is 0 Å². The Bertz CT molecular complexity index is 673. The number of alkyl halides is 6. The van der Waals surface area contributed by atoms with Crippen LogP contribution in [-0.4, -0.2) is 21.3 Å². The van der Waals surface area contributed by atoms with Gasteiger partial charge in [-0.1, -0.05) is 11.3 Å². The minimum absolute atomic E-state index is 0.152. The minimum atomic E-state index is -4.99. The number of carbonyl (C=O) groups is 1. The maximum atomic E-state index is 12.9. The molecule has 0 aliphatic carbocycles. The molecular weight excluding hydrogens is 304 g/mol. The van der Waals surface area contributed by atoms with E-state index in [4.69, 9.17) is 0 Å². The van der Waals surface area contributed by atoms with Gasteiger partial charge in [-0.15, -0.1) is 5.10 Å². The standard InChI is InChI=1S/C11H5F6N3O/c12-10(13,14)6-2-1-3-7(4-6)20-9(11(15,16)17)8(5-21)18-19-20/h1-5H. The van der Waals surface area contributed by atoms with Crippen LogP contribution in [0.2, 0.25) is 0 Å². The highest BCUT2D eigenvalue weighted by atomic mass is 19.4. The first kappa shape index (κ1) is 15.0. The molecule has 0 aliphatic rings. The molecule has 0 bridgehead atoms. The van der Waals surface area contributed by atoms with Crippen molar-refractivity contribution in [2.45, 2.75) is 12.4 Å². The number of aldehydes is 1. The van der Waals surface area contributed by atoms with E-state index >= 15 is 0 Å². The van der Waals surface area contributed by atoms with E-state index in [2.05, 4.69) is 10.3 Å². The first-order chi connectivity index (χ1) is 9.64. The zero-order valence-corrected chi connectivity index (χ0v) is 9.90. The van der Waals surface area contributed by atoms with Crippen LogP contribution in [0, 0.1) is 0 Å². The van der Waals surface area contributed by atoms with Crippen molar-refractivity contribution in [2.24, 2.45) is 0 Å². The van der Waals surface area contributed by atoms with E-state index in [-0.39, 0.29) is 11.0 Å². The van der Waals surface area contributed by atoms with Crippen LogP contribution < -0.4 is 0 Å². The second-order valence-electron chi connectivity index (χ2n) is 3.90. The highest BCUT2D eigenvalue weighted by Gasteiger charge is 2.40. The monoisotopic (exact) mass is 309 g/mol. The van der Waals surface area contributed by atoms with Crippen LogP contribution in [0.5, 0.6) is 0 Å². The number of aromatic nitrogens is 3. The van der Waals surface area contributed by atoms with Gasteiger partial charge in [-0.2, -0.15) is 26.3 Å². The lowest BCUT2D eigenvalue weighted by Crippen LogP contribution is -2.16. The van der Waals surface area contributed by atoms with Crippen LogP contribution >= 0.6 is 0 Å². The zero-order valence-electron chi connectivity index (χ0n) is 9.90. The molecule has 0 amide bonds. The Balaban J connectivity index is 2.63. The number of rotatable bonds is 2. The molecule has 0 aliphatic heterocycles. The van der Waals surface area contributed by atoms with Gasteiger partial charge in [0.15, 0.2) is 17.7 Å². The van der Waals surface area contributed by atoms with Crippen molar-refractivity contribution in [3.63, 3.8) is 0 Å². The van der Waals surface area contributed by atoms with E-state index in [0.717, 1.165) is 12.1 Å². The highest BCUT2D eigenvalue weighted by molar-refractivity contribution is 5.73. The Morgan fingerprint density at radius 2 is 1.71 bits per heavy atom. The lowest BCUT2D eigenvalue weighted by Gasteiger charge is -2.12. The summed E-state index contributed by atoms with van der Waals surface area (Å²) in [7, 11) is 0. The van der Waals surface area contributed by atoms with Crippen molar-refractivity contribution < 1.29 is 31.1 Å². The molecule has 1 aromatic carbocycles. The van der Waals surface area contributed by atoms with E-state index in [0.29, 0.717) is 12.1 Å². The minimum Gasteiger partial charge on any atom is -0.296 e. The molecule has 0 atom stereocenters. The molecular formula is C11H5F6N3O. The summed E-state index contributed by atoms with van der Waals surface area (Å²) in [5, 5.41) is 6.11. The summed E-state index contributed by atoms with van der Waals surface area (Å²) >= 11 is 0. The van der Waals surface area contributed by atoms with Crippen LogP contribution in [0.3, 0.4) is 0 Å². The van der Waals surface area contributed by atoms with Gasteiger partial charge < -0.3 is 0 Å². The Morgan fingerprint density at radius 1 is 1.05 bits per heavy atom. The molecule has 0 spiro atoms. The van der Waals surface area contributed by atoms with Crippen molar-refractivity contribution in [1.29, 1.82) is 0 Å². The second-order valence-corrected chi connectivity index (χ2v) is 3.90. The number of carbonyl (C=O) groups excluding carboxylic acids is 1. The molecule has 0 fully saturated rings. The van der Waals surface area contributed by atoms with Crippen LogP contribution in [0.4, 0.5) is 26.3 Å². The number of hydrogen-bond donors (Lipinski definition) is 0. The maximum absolute atomic E-state index is 12.9. The third-order valence-corrected chi connectivity index (χ3v) is 2.49. The SMILES string of the molecule is O=Cc1nnn(-c2cccc(C(F)(F)F)c2)c1C(F)(F)F. The summed E-state index contributed by atoms with van der Waals surface area (Å²) < 4.78 is 76.5. The Morgan fingerprint density at radius 3 is 2.24 bits per heavy atom. The summed E-state index contributed by atoms with van der Waals surface area (Å²) in [6, 6.07) is 3.11. The van der Waals surface area contributed by atoms with Crippen molar-refractivity contribution in [1.82, 2.24) is 15.0 Å². The first-order valence-corrected chi connectivity index (χ1v) is 5.30. The maximum Gasteiger partial charge on any atom is 0.435 e. The summed E-state index contributed by atoms with van der Waals surface area (Å²) in [5.41, 5.74) is -4.18. The molecule has 0 saturated heterocycles. The third kappa shape index (κ3) is 2.88. The zero-order chi connectivity index (χ0) is 15.8. The fourth-order valence-corrected chi connectivity index (χ4v) is 1.63. The van der Waals surface area contributed by atoms with Gasteiger partial charge in [0.05, 0.1) is 11.3 Å². The molecule has 2 rings (SSSR count). The molecule has 1 heterocycles. The quantitative estimate of drug-likeness (QED) is 0.632. The Labute approximate surface area is 113 Å². The topological polar surface area (TPSA) is 47.8 Å². The van der Waals surface area contributed by atoms with Crippen molar-refractivity contribution in [3.05, 3.63) is 41.2 Å². The number of halogens is 6. The summed E-state index contributed by atoms with van der Waals surface area (Å²) in [6.45, 7) is 0. The fourth-order valence-electron chi connectivity index (χ4n) is 1.63. The van der Waals surface area contributed by atoms with Crippen molar-refractivity contribution >= 4 is 6.29 Å². The van der Waals surface area contributed by atoms with Crippen molar-refractivity contribution in [2.75, 3.05) is 0 Å². The molecule has 112 valence electrons. The molecule has 10 heteroatoms. The molecule has 0 radical (unpaired) electrons. The Kier molecular flexibility index (Phi) is 3.47. The van der Waals surface area contributed by atoms with Gasteiger partial charge in [-0.05, 0) is 18.2 Å². The molecule has 21 heavy (non-hydrogen) atoms. The first-order valence-electron chi connectivity index (χ1n) is 5.30. The number of hydrogen-bond acceptors (Lipinski definition) is 3. The summed E-state index contributed by atoms with van der Waals surface area (Å²) in [6.07, 6.45) is -9.88. The molecule has 4 nitrogen and oxygen atoms in total. The average Bonchev–Trinajstić information content (AvgIpc) is 2.81. The summed E-state index contributed by atoms with van der Waals surface area (Å²) in [5.74, 6) is 0. The largest absolute Gasteiger partial charge is 0.435 e. The molecule has 2 aromatic rings. The van der Waals surface area contributed by atoms with Gasteiger partial charge in [0, 0.05) is 0 Å². The lowest BCUT2D eigenvalue weighted by atomic mass is 10.2. The third-order valence-electron chi connectivity index (χ3n) is 2.49.